The van der Waals surface area contributed by atoms with Crippen molar-refractivity contribution in [1.82, 2.24) is 0 Å². The monoisotopic (exact) mass is 380 g/mol. The van der Waals surface area contributed by atoms with E-state index >= 15 is 0 Å². The van der Waals surface area contributed by atoms with Crippen LogP contribution in [0, 0.1) is 0 Å². The quantitative estimate of drug-likeness (QED) is 0.350. The second kappa shape index (κ2) is 9.61. The third kappa shape index (κ3) is 5.26. The van der Waals surface area contributed by atoms with Crippen LogP contribution in [0.4, 0.5) is 0 Å². The molecule has 0 aromatic heterocycles. The molecule has 0 saturated heterocycles. The van der Waals surface area contributed by atoms with Crippen LogP contribution < -0.4 is 9.47 Å². The average molecular weight is 380 g/mol. The largest absolute Gasteiger partial charge is 0.489 e. The Kier molecular flexibility index (Phi) is 6.24. The van der Waals surface area contributed by atoms with Crippen LogP contribution in [-0.4, -0.2) is 0 Å². The second-order valence-corrected chi connectivity index (χ2v) is 6.94. The maximum atomic E-state index is 6.12. The van der Waals surface area contributed by atoms with Crippen LogP contribution in [0.15, 0.2) is 109 Å². The van der Waals surface area contributed by atoms with Gasteiger partial charge in [-0.2, -0.15) is 0 Å². The highest BCUT2D eigenvalue weighted by Crippen LogP contribution is 2.27. The SMILES string of the molecule is c1ccc(COc2ccccc2Cc2ccccc2OCc2ccccc2)cc1. The zero-order chi connectivity index (χ0) is 19.7. The molecular formula is C27H24O2. The zero-order valence-corrected chi connectivity index (χ0v) is 16.3. The standard InChI is InChI=1S/C27H24O2/c1-3-11-22(12-4-1)20-28-26-17-9-7-15-24(26)19-25-16-8-10-18-27(25)29-21-23-13-5-2-6-14-23/h1-18H,19-21H2. The fourth-order valence-electron chi connectivity index (χ4n) is 3.26. The first kappa shape index (κ1) is 18.8. The molecular weight excluding hydrogens is 356 g/mol. The van der Waals surface area contributed by atoms with Crippen molar-refractivity contribution in [2.24, 2.45) is 0 Å². The van der Waals surface area contributed by atoms with Crippen molar-refractivity contribution < 1.29 is 9.47 Å². The van der Waals surface area contributed by atoms with E-state index in [2.05, 4.69) is 48.5 Å². The number of benzene rings is 4. The van der Waals surface area contributed by atoms with E-state index in [9.17, 15) is 0 Å². The molecule has 0 saturated carbocycles. The van der Waals surface area contributed by atoms with Gasteiger partial charge in [0.05, 0.1) is 0 Å². The number of para-hydroxylation sites is 2. The molecule has 0 amide bonds. The number of rotatable bonds is 8. The van der Waals surface area contributed by atoms with E-state index in [0.29, 0.717) is 13.2 Å². The topological polar surface area (TPSA) is 18.5 Å². The summed E-state index contributed by atoms with van der Waals surface area (Å²) < 4.78 is 12.2. The molecule has 0 aliphatic carbocycles. The first-order valence-electron chi connectivity index (χ1n) is 9.88. The Hall–Kier alpha value is -3.52. The maximum absolute atomic E-state index is 6.12. The minimum absolute atomic E-state index is 0.560. The Morgan fingerprint density at radius 2 is 0.793 bits per heavy atom. The van der Waals surface area contributed by atoms with Gasteiger partial charge < -0.3 is 9.47 Å². The van der Waals surface area contributed by atoms with Crippen LogP contribution in [0.5, 0.6) is 11.5 Å². The van der Waals surface area contributed by atoms with Gasteiger partial charge in [-0.15, -0.1) is 0 Å². The van der Waals surface area contributed by atoms with E-state index in [0.717, 1.165) is 40.2 Å². The lowest BCUT2D eigenvalue weighted by Gasteiger charge is -2.15. The van der Waals surface area contributed by atoms with Crippen LogP contribution in [0.3, 0.4) is 0 Å². The summed E-state index contributed by atoms with van der Waals surface area (Å²) in [5.41, 5.74) is 4.63. The highest BCUT2D eigenvalue weighted by Gasteiger charge is 2.09. The van der Waals surface area contributed by atoms with Crippen LogP contribution in [0.25, 0.3) is 0 Å². The van der Waals surface area contributed by atoms with Crippen molar-refractivity contribution >= 4 is 0 Å². The molecule has 2 heteroatoms. The van der Waals surface area contributed by atoms with E-state index < -0.39 is 0 Å². The fourth-order valence-corrected chi connectivity index (χ4v) is 3.26. The first-order chi connectivity index (χ1) is 14.4. The molecule has 0 N–H and O–H groups in total. The van der Waals surface area contributed by atoms with Crippen LogP contribution in [-0.2, 0) is 19.6 Å². The molecule has 0 unspecified atom stereocenters. The summed E-state index contributed by atoms with van der Waals surface area (Å²) in [7, 11) is 0. The van der Waals surface area contributed by atoms with Gasteiger partial charge in [0.25, 0.3) is 0 Å². The molecule has 4 rings (SSSR count). The van der Waals surface area contributed by atoms with Gasteiger partial charge in [0.1, 0.15) is 24.7 Å². The number of ether oxygens (including phenoxy) is 2. The summed E-state index contributed by atoms with van der Waals surface area (Å²) in [4.78, 5) is 0. The highest BCUT2D eigenvalue weighted by molar-refractivity contribution is 5.42. The summed E-state index contributed by atoms with van der Waals surface area (Å²) >= 11 is 0. The van der Waals surface area contributed by atoms with E-state index in [4.69, 9.17) is 9.47 Å². The van der Waals surface area contributed by atoms with Crippen molar-refractivity contribution in [3.05, 3.63) is 131 Å². The zero-order valence-electron chi connectivity index (χ0n) is 16.3. The predicted octanol–water partition coefficient (Wildman–Crippen LogP) is 6.44. The molecule has 0 aliphatic heterocycles. The molecule has 0 bridgehead atoms. The van der Waals surface area contributed by atoms with Gasteiger partial charge in [0, 0.05) is 6.42 Å². The van der Waals surface area contributed by atoms with Gasteiger partial charge >= 0.3 is 0 Å². The smallest absolute Gasteiger partial charge is 0.123 e. The Morgan fingerprint density at radius 1 is 0.414 bits per heavy atom. The molecule has 0 aliphatic rings. The summed E-state index contributed by atoms with van der Waals surface area (Å²) in [5.74, 6) is 1.82. The molecule has 4 aromatic rings. The van der Waals surface area contributed by atoms with Gasteiger partial charge in [0.15, 0.2) is 0 Å². The molecule has 0 radical (unpaired) electrons. The second-order valence-electron chi connectivity index (χ2n) is 6.94. The molecule has 0 atom stereocenters. The van der Waals surface area contributed by atoms with Gasteiger partial charge in [0.2, 0.25) is 0 Å². The first-order valence-corrected chi connectivity index (χ1v) is 9.88. The highest BCUT2D eigenvalue weighted by atomic mass is 16.5. The Balaban J connectivity index is 1.48. The van der Waals surface area contributed by atoms with Crippen LogP contribution in [0.1, 0.15) is 22.3 Å². The molecule has 4 aromatic carbocycles. The fraction of sp³-hybridized carbons (Fsp3) is 0.111. The van der Waals surface area contributed by atoms with E-state index in [1.165, 1.54) is 0 Å². The number of hydrogen-bond donors (Lipinski definition) is 0. The van der Waals surface area contributed by atoms with Crippen LogP contribution >= 0.6 is 0 Å². The van der Waals surface area contributed by atoms with E-state index in [1.54, 1.807) is 0 Å². The van der Waals surface area contributed by atoms with Crippen LogP contribution in [0.2, 0.25) is 0 Å². The van der Waals surface area contributed by atoms with E-state index in [-0.39, 0.29) is 0 Å². The summed E-state index contributed by atoms with van der Waals surface area (Å²) in [6.45, 7) is 1.12. The Bertz CT molecular complexity index is 941. The van der Waals surface area contributed by atoms with Crippen molar-refractivity contribution in [2.45, 2.75) is 19.6 Å². The van der Waals surface area contributed by atoms with Gasteiger partial charge in [-0.05, 0) is 34.4 Å². The number of hydrogen-bond acceptors (Lipinski definition) is 2. The van der Waals surface area contributed by atoms with Crippen molar-refractivity contribution in [3.8, 4) is 11.5 Å². The van der Waals surface area contributed by atoms with Gasteiger partial charge in [-0.3, -0.25) is 0 Å². The Labute approximate surface area is 172 Å². The molecule has 144 valence electrons. The maximum Gasteiger partial charge on any atom is 0.123 e. The molecule has 29 heavy (non-hydrogen) atoms. The minimum atomic E-state index is 0.560. The lowest BCUT2D eigenvalue weighted by molar-refractivity contribution is 0.300. The van der Waals surface area contributed by atoms with Gasteiger partial charge in [-0.25, -0.2) is 0 Å². The minimum Gasteiger partial charge on any atom is -0.489 e. The lowest BCUT2D eigenvalue weighted by Crippen LogP contribution is -2.01. The molecule has 2 nitrogen and oxygen atoms in total. The third-order valence-electron chi connectivity index (χ3n) is 4.80. The predicted molar refractivity (Wildman–Crippen MR) is 117 cm³/mol. The summed E-state index contributed by atoms with van der Waals surface area (Å²) in [5, 5.41) is 0. The normalized spacial score (nSPS) is 10.5. The molecule has 0 spiro atoms. The summed E-state index contributed by atoms with van der Waals surface area (Å²) in [6, 6.07) is 36.9. The van der Waals surface area contributed by atoms with Crippen molar-refractivity contribution in [3.63, 3.8) is 0 Å². The molecule has 0 fully saturated rings. The van der Waals surface area contributed by atoms with E-state index in [1.807, 2.05) is 60.7 Å². The van der Waals surface area contributed by atoms with Crippen molar-refractivity contribution in [1.29, 1.82) is 0 Å². The Morgan fingerprint density at radius 3 is 1.24 bits per heavy atom. The average Bonchev–Trinajstić information content (AvgIpc) is 2.79. The van der Waals surface area contributed by atoms with Crippen molar-refractivity contribution in [2.75, 3.05) is 0 Å². The molecule has 0 heterocycles. The lowest BCUT2D eigenvalue weighted by atomic mass is 10.0. The summed E-state index contributed by atoms with van der Waals surface area (Å²) in [6.07, 6.45) is 0.760. The van der Waals surface area contributed by atoms with Gasteiger partial charge in [-0.1, -0.05) is 97.1 Å². The third-order valence-corrected chi connectivity index (χ3v) is 4.80.